The van der Waals surface area contributed by atoms with E-state index in [2.05, 4.69) is 42.9 Å². The standard InChI is InChI=1S/C21H34N4O2S/c1-5-6-9-25-19(26)17(12-15(2)3)23-20(27)21(25)7-10-24(11-8-21)14-18-22-13-16(4)28-18/h13,15,17H,5-12,14H2,1-4H3,(H,23,27). The fraction of sp³-hybridized carbons (Fsp3) is 0.762. The van der Waals surface area contributed by atoms with Crippen LogP contribution in [-0.4, -0.2) is 57.8 Å². The van der Waals surface area contributed by atoms with E-state index in [0.29, 0.717) is 31.7 Å². The molecule has 156 valence electrons. The first-order chi connectivity index (χ1) is 13.4. The summed E-state index contributed by atoms with van der Waals surface area (Å²) >= 11 is 1.73. The molecule has 7 heteroatoms. The van der Waals surface area contributed by atoms with E-state index < -0.39 is 5.54 Å². The van der Waals surface area contributed by atoms with E-state index >= 15 is 0 Å². The van der Waals surface area contributed by atoms with E-state index in [0.717, 1.165) is 37.5 Å². The lowest BCUT2D eigenvalue weighted by Gasteiger charge is -2.51. The Bertz CT molecular complexity index is 694. The van der Waals surface area contributed by atoms with Crippen LogP contribution in [0.5, 0.6) is 0 Å². The van der Waals surface area contributed by atoms with Crippen molar-refractivity contribution in [3.05, 3.63) is 16.1 Å². The molecule has 1 N–H and O–H groups in total. The van der Waals surface area contributed by atoms with Crippen molar-refractivity contribution < 1.29 is 9.59 Å². The van der Waals surface area contributed by atoms with Gasteiger partial charge in [0.05, 0.1) is 6.54 Å². The van der Waals surface area contributed by atoms with Crippen molar-refractivity contribution >= 4 is 23.2 Å². The van der Waals surface area contributed by atoms with Crippen molar-refractivity contribution in [2.75, 3.05) is 19.6 Å². The molecule has 2 amide bonds. The van der Waals surface area contributed by atoms with Crippen LogP contribution in [0.3, 0.4) is 0 Å². The molecule has 3 heterocycles. The second kappa shape index (κ2) is 8.91. The average Bonchev–Trinajstić information content (AvgIpc) is 3.06. The average molecular weight is 407 g/mol. The molecule has 1 atom stereocenters. The number of nitrogens with zero attached hydrogens (tertiary/aromatic N) is 3. The van der Waals surface area contributed by atoms with Gasteiger partial charge in [0, 0.05) is 30.7 Å². The second-order valence-corrected chi connectivity index (χ2v) is 9.99. The van der Waals surface area contributed by atoms with Crippen LogP contribution in [-0.2, 0) is 16.1 Å². The minimum atomic E-state index is -0.672. The van der Waals surface area contributed by atoms with Crippen molar-refractivity contribution in [2.45, 2.75) is 77.9 Å². The highest BCUT2D eigenvalue weighted by atomic mass is 32.1. The zero-order valence-electron chi connectivity index (χ0n) is 17.7. The summed E-state index contributed by atoms with van der Waals surface area (Å²) < 4.78 is 0. The van der Waals surface area contributed by atoms with Crippen molar-refractivity contribution in [2.24, 2.45) is 5.92 Å². The molecule has 1 aromatic rings. The third-order valence-corrected chi connectivity index (χ3v) is 6.86. The number of carbonyl (C=O) groups is 2. The van der Waals surface area contributed by atoms with Gasteiger partial charge in [-0.25, -0.2) is 4.98 Å². The quantitative estimate of drug-likeness (QED) is 0.756. The van der Waals surface area contributed by atoms with Crippen molar-refractivity contribution in [3.8, 4) is 0 Å². The minimum absolute atomic E-state index is 0.0543. The molecule has 1 unspecified atom stereocenters. The molecule has 2 aliphatic heterocycles. The van der Waals surface area contributed by atoms with E-state index in [1.165, 1.54) is 4.88 Å². The van der Waals surface area contributed by atoms with Crippen LogP contribution in [0.4, 0.5) is 0 Å². The van der Waals surface area contributed by atoms with E-state index in [4.69, 9.17) is 0 Å². The summed E-state index contributed by atoms with van der Waals surface area (Å²) in [5.74, 6) is 0.546. The predicted molar refractivity (Wildman–Crippen MR) is 112 cm³/mol. The zero-order valence-corrected chi connectivity index (χ0v) is 18.5. The summed E-state index contributed by atoms with van der Waals surface area (Å²) in [7, 11) is 0. The molecule has 0 bridgehead atoms. The number of carbonyl (C=O) groups excluding carboxylic acids is 2. The maximum atomic E-state index is 13.3. The van der Waals surface area contributed by atoms with Crippen LogP contribution in [0, 0.1) is 12.8 Å². The van der Waals surface area contributed by atoms with E-state index in [1.807, 2.05) is 11.1 Å². The fourth-order valence-corrected chi connectivity index (χ4v) is 5.22. The lowest BCUT2D eigenvalue weighted by molar-refractivity contribution is -0.161. The van der Waals surface area contributed by atoms with Crippen LogP contribution in [0.2, 0.25) is 0 Å². The molecular weight excluding hydrogens is 372 g/mol. The number of hydrogen-bond donors (Lipinski definition) is 1. The number of thiazole rings is 1. The minimum Gasteiger partial charge on any atom is -0.342 e. The number of piperidine rings is 1. The lowest BCUT2D eigenvalue weighted by Crippen LogP contribution is -2.73. The van der Waals surface area contributed by atoms with Gasteiger partial charge in [-0.15, -0.1) is 11.3 Å². The highest BCUT2D eigenvalue weighted by Crippen LogP contribution is 2.34. The Morgan fingerprint density at radius 1 is 1.32 bits per heavy atom. The monoisotopic (exact) mass is 406 g/mol. The molecule has 0 aliphatic carbocycles. The van der Waals surface area contributed by atoms with Gasteiger partial charge in [0.2, 0.25) is 11.8 Å². The summed E-state index contributed by atoms with van der Waals surface area (Å²) in [6.45, 7) is 11.5. The van der Waals surface area contributed by atoms with E-state index in [1.54, 1.807) is 11.3 Å². The first-order valence-corrected chi connectivity index (χ1v) is 11.4. The Kier molecular flexibility index (Phi) is 6.76. The Morgan fingerprint density at radius 3 is 2.61 bits per heavy atom. The maximum absolute atomic E-state index is 13.3. The first kappa shape index (κ1) is 21.2. The number of aryl methyl sites for hydroxylation is 1. The maximum Gasteiger partial charge on any atom is 0.246 e. The summed E-state index contributed by atoms with van der Waals surface area (Å²) in [5.41, 5.74) is -0.672. The van der Waals surface area contributed by atoms with Gasteiger partial charge in [0.15, 0.2) is 0 Å². The highest BCUT2D eigenvalue weighted by Gasteiger charge is 2.53. The topological polar surface area (TPSA) is 65.5 Å². The molecule has 0 saturated carbocycles. The van der Waals surface area contributed by atoms with Crippen LogP contribution >= 0.6 is 11.3 Å². The van der Waals surface area contributed by atoms with Gasteiger partial charge in [-0.2, -0.15) is 0 Å². The van der Waals surface area contributed by atoms with Crippen molar-refractivity contribution in [1.29, 1.82) is 0 Å². The van der Waals surface area contributed by atoms with Gasteiger partial charge in [0.1, 0.15) is 16.6 Å². The molecular formula is C21H34N4O2S. The Balaban J connectivity index is 1.72. The molecule has 1 spiro atoms. The second-order valence-electron chi connectivity index (χ2n) is 8.67. The van der Waals surface area contributed by atoms with Crippen LogP contribution in [0.25, 0.3) is 0 Å². The van der Waals surface area contributed by atoms with E-state index in [-0.39, 0.29) is 17.9 Å². The fourth-order valence-electron chi connectivity index (χ4n) is 4.39. The largest absolute Gasteiger partial charge is 0.342 e. The first-order valence-electron chi connectivity index (χ1n) is 10.6. The highest BCUT2D eigenvalue weighted by molar-refractivity contribution is 7.11. The molecule has 2 fully saturated rings. The van der Waals surface area contributed by atoms with Crippen LogP contribution < -0.4 is 5.32 Å². The third kappa shape index (κ3) is 4.40. The predicted octanol–water partition coefficient (Wildman–Crippen LogP) is 2.96. The Hall–Kier alpha value is -1.47. The summed E-state index contributed by atoms with van der Waals surface area (Å²) in [4.78, 5) is 36.5. The number of likely N-dealkylation sites (tertiary alicyclic amines) is 1. The van der Waals surface area contributed by atoms with Gasteiger partial charge in [-0.3, -0.25) is 14.5 Å². The number of aromatic nitrogens is 1. The summed E-state index contributed by atoms with van der Waals surface area (Å²) in [6.07, 6.45) is 5.99. The van der Waals surface area contributed by atoms with Gasteiger partial charge in [0.25, 0.3) is 0 Å². The van der Waals surface area contributed by atoms with Crippen LogP contribution in [0.15, 0.2) is 6.20 Å². The number of piperazine rings is 1. The molecule has 2 aliphatic rings. The third-order valence-electron chi connectivity index (χ3n) is 5.96. The molecule has 28 heavy (non-hydrogen) atoms. The molecule has 0 aromatic carbocycles. The molecule has 0 radical (unpaired) electrons. The van der Waals surface area contributed by atoms with Gasteiger partial charge >= 0.3 is 0 Å². The molecule has 2 saturated heterocycles. The lowest BCUT2D eigenvalue weighted by atomic mass is 9.80. The molecule has 3 rings (SSSR count). The Labute approximate surface area is 172 Å². The van der Waals surface area contributed by atoms with Gasteiger partial charge < -0.3 is 10.2 Å². The van der Waals surface area contributed by atoms with Crippen molar-refractivity contribution in [1.82, 2.24) is 20.1 Å². The van der Waals surface area contributed by atoms with Crippen molar-refractivity contribution in [3.63, 3.8) is 0 Å². The number of nitrogens with one attached hydrogen (secondary N) is 1. The van der Waals surface area contributed by atoms with Gasteiger partial charge in [-0.1, -0.05) is 27.2 Å². The number of amides is 2. The summed E-state index contributed by atoms with van der Waals surface area (Å²) in [5, 5.41) is 4.20. The van der Waals surface area contributed by atoms with Crippen LogP contribution in [0.1, 0.15) is 62.8 Å². The normalized spacial score (nSPS) is 22.9. The summed E-state index contributed by atoms with van der Waals surface area (Å²) in [6, 6.07) is -0.369. The molecule has 1 aromatic heterocycles. The number of unbranched alkanes of at least 4 members (excludes halogenated alkanes) is 1. The van der Waals surface area contributed by atoms with E-state index in [9.17, 15) is 9.59 Å². The molecule has 6 nitrogen and oxygen atoms in total. The SMILES string of the molecule is CCCCN1C(=O)C(CC(C)C)NC(=O)C12CCN(Cc1ncc(C)s1)CC2. The van der Waals surface area contributed by atoms with Gasteiger partial charge in [-0.05, 0) is 38.5 Å². The Morgan fingerprint density at radius 2 is 2.04 bits per heavy atom. The smallest absolute Gasteiger partial charge is 0.246 e. The zero-order chi connectivity index (χ0) is 20.3. The number of rotatable bonds is 7. The number of hydrogen-bond acceptors (Lipinski definition) is 5.